The van der Waals surface area contributed by atoms with Crippen molar-refractivity contribution in [3.8, 4) is 0 Å². The smallest absolute Gasteiger partial charge is 0.223 e. The highest BCUT2D eigenvalue weighted by atomic mass is 35.5. The molecule has 2 saturated heterocycles. The number of hydrogen-bond acceptors (Lipinski definition) is 4. The Bertz CT molecular complexity index is 464. The van der Waals surface area contributed by atoms with E-state index in [4.69, 9.17) is 0 Å². The maximum Gasteiger partial charge on any atom is 0.223 e. The second kappa shape index (κ2) is 8.47. The van der Waals surface area contributed by atoms with Gasteiger partial charge in [-0.2, -0.15) is 0 Å². The molecule has 2 unspecified atom stereocenters. The lowest BCUT2D eigenvalue weighted by Gasteiger charge is -2.34. The lowest BCUT2D eigenvalue weighted by molar-refractivity contribution is -0.127. The van der Waals surface area contributed by atoms with Gasteiger partial charge in [0.15, 0.2) is 0 Å². The monoisotopic (exact) mass is 353 g/mol. The third-order valence-corrected chi connectivity index (χ3v) is 6.55. The number of amides is 1. The number of rotatable bonds is 4. The standard InChI is InChI=1S/C14H27N3O3S.ClH/c1-3-21(19,20)17-9-6-12(7-10-17)14(18)16-13-5-4-8-15-11(13)2;/h11-13,15H,3-10H2,1-2H3,(H,16,18);1H. The van der Waals surface area contributed by atoms with Gasteiger partial charge in [-0.1, -0.05) is 0 Å². The number of piperidine rings is 2. The highest BCUT2D eigenvalue weighted by molar-refractivity contribution is 7.89. The van der Waals surface area contributed by atoms with Gasteiger partial charge in [0.1, 0.15) is 0 Å². The number of sulfonamides is 1. The molecule has 6 nitrogen and oxygen atoms in total. The molecule has 22 heavy (non-hydrogen) atoms. The third-order valence-electron chi connectivity index (χ3n) is 4.67. The second-order valence-corrected chi connectivity index (χ2v) is 8.33. The third kappa shape index (κ3) is 4.81. The number of carbonyl (C=O) groups is 1. The largest absolute Gasteiger partial charge is 0.352 e. The molecule has 0 aromatic rings. The van der Waals surface area contributed by atoms with E-state index in [0.29, 0.717) is 32.0 Å². The molecule has 0 spiro atoms. The Morgan fingerprint density at radius 1 is 1.27 bits per heavy atom. The van der Waals surface area contributed by atoms with E-state index in [2.05, 4.69) is 17.6 Å². The van der Waals surface area contributed by atoms with Crippen LogP contribution in [0, 0.1) is 5.92 Å². The van der Waals surface area contributed by atoms with E-state index < -0.39 is 10.0 Å². The van der Waals surface area contributed by atoms with Gasteiger partial charge in [-0.3, -0.25) is 4.79 Å². The zero-order chi connectivity index (χ0) is 15.5. The molecule has 2 aliphatic heterocycles. The molecule has 1 amide bonds. The van der Waals surface area contributed by atoms with Gasteiger partial charge in [0.25, 0.3) is 0 Å². The van der Waals surface area contributed by atoms with E-state index >= 15 is 0 Å². The molecule has 0 aliphatic carbocycles. The molecule has 0 aromatic carbocycles. The van der Waals surface area contributed by atoms with Crippen molar-refractivity contribution in [1.29, 1.82) is 0 Å². The fraction of sp³-hybridized carbons (Fsp3) is 0.929. The van der Waals surface area contributed by atoms with Crippen molar-refractivity contribution in [2.75, 3.05) is 25.4 Å². The van der Waals surface area contributed by atoms with Crippen LogP contribution in [0.2, 0.25) is 0 Å². The van der Waals surface area contributed by atoms with Gasteiger partial charge in [0, 0.05) is 31.1 Å². The molecule has 0 bridgehead atoms. The van der Waals surface area contributed by atoms with Crippen LogP contribution in [-0.4, -0.2) is 56.1 Å². The number of hydrogen-bond donors (Lipinski definition) is 2. The molecular formula is C14H28ClN3O3S. The SMILES string of the molecule is CCS(=O)(=O)N1CCC(C(=O)NC2CCCNC2C)CC1.Cl. The van der Waals surface area contributed by atoms with E-state index in [-0.39, 0.29) is 36.0 Å². The topological polar surface area (TPSA) is 78.5 Å². The molecule has 2 fully saturated rings. The summed E-state index contributed by atoms with van der Waals surface area (Å²) in [6.45, 7) is 5.70. The Morgan fingerprint density at radius 2 is 1.91 bits per heavy atom. The zero-order valence-electron chi connectivity index (χ0n) is 13.4. The van der Waals surface area contributed by atoms with Crippen LogP contribution in [0.15, 0.2) is 0 Å². The Balaban J connectivity index is 0.00000242. The van der Waals surface area contributed by atoms with E-state index in [1.807, 2.05) is 0 Å². The van der Waals surface area contributed by atoms with Gasteiger partial charge in [-0.05, 0) is 46.1 Å². The fourth-order valence-electron chi connectivity index (χ4n) is 3.12. The highest BCUT2D eigenvalue weighted by Crippen LogP contribution is 2.21. The van der Waals surface area contributed by atoms with Gasteiger partial charge in [0.2, 0.25) is 15.9 Å². The molecule has 8 heteroatoms. The summed E-state index contributed by atoms with van der Waals surface area (Å²) in [5.74, 6) is 0.168. The first-order valence-corrected chi connectivity index (χ1v) is 9.56. The van der Waals surface area contributed by atoms with Crippen molar-refractivity contribution in [1.82, 2.24) is 14.9 Å². The van der Waals surface area contributed by atoms with Crippen molar-refractivity contribution in [2.45, 2.75) is 51.6 Å². The quantitative estimate of drug-likeness (QED) is 0.781. The zero-order valence-corrected chi connectivity index (χ0v) is 15.0. The first-order chi connectivity index (χ1) is 9.94. The Morgan fingerprint density at radius 3 is 2.45 bits per heavy atom. The molecule has 2 N–H and O–H groups in total. The summed E-state index contributed by atoms with van der Waals surface area (Å²) in [7, 11) is -3.11. The van der Waals surface area contributed by atoms with Crippen LogP contribution in [0.5, 0.6) is 0 Å². The first-order valence-electron chi connectivity index (χ1n) is 7.95. The summed E-state index contributed by atoms with van der Waals surface area (Å²) >= 11 is 0. The Kier molecular flexibility index (Phi) is 7.58. The molecule has 0 saturated carbocycles. The van der Waals surface area contributed by atoms with E-state index in [1.54, 1.807) is 6.92 Å². The number of halogens is 1. The summed E-state index contributed by atoms with van der Waals surface area (Å²) < 4.78 is 25.1. The van der Waals surface area contributed by atoms with Crippen LogP contribution in [0.1, 0.15) is 39.5 Å². The molecular weight excluding hydrogens is 326 g/mol. The summed E-state index contributed by atoms with van der Waals surface area (Å²) in [6.07, 6.45) is 3.35. The van der Waals surface area contributed by atoms with Crippen molar-refractivity contribution < 1.29 is 13.2 Å². The lowest BCUT2D eigenvalue weighted by atomic mass is 9.94. The lowest BCUT2D eigenvalue weighted by Crippen LogP contribution is -2.54. The predicted octanol–water partition coefficient (Wildman–Crippen LogP) is 0.727. The van der Waals surface area contributed by atoms with Crippen LogP contribution < -0.4 is 10.6 Å². The van der Waals surface area contributed by atoms with Crippen molar-refractivity contribution in [3.05, 3.63) is 0 Å². The van der Waals surface area contributed by atoms with Crippen molar-refractivity contribution in [2.24, 2.45) is 5.92 Å². The molecule has 0 radical (unpaired) electrons. The van der Waals surface area contributed by atoms with Gasteiger partial charge in [-0.15, -0.1) is 12.4 Å². The molecule has 130 valence electrons. The summed E-state index contributed by atoms with van der Waals surface area (Å²) in [4.78, 5) is 12.3. The molecule has 2 heterocycles. The van der Waals surface area contributed by atoms with Crippen LogP contribution in [-0.2, 0) is 14.8 Å². The second-order valence-electron chi connectivity index (χ2n) is 6.07. The van der Waals surface area contributed by atoms with E-state index in [1.165, 1.54) is 4.31 Å². The molecule has 0 aromatic heterocycles. The van der Waals surface area contributed by atoms with Gasteiger partial charge in [0.05, 0.1) is 5.75 Å². The average molecular weight is 354 g/mol. The van der Waals surface area contributed by atoms with Gasteiger partial charge >= 0.3 is 0 Å². The number of nitrogens with zero attached hydrogens (tertiary/aromatic N) is 1. The Labute approximate surface area is 139 Å². The van der Waals surface area contributed by atoms with Crippen LogP contribution >= 0.6 is 12.4 Å². The van der Waals surface area contributed by atoms with Crippen molar-refractivity contribution in [3.63, 3.8) is 0 Å². The minimum Gasteiger partial charge on any atom is -0.352 e. The van der Waals surface area contributed by atoms with Crippen LogP contribution in [0.4, 0.5) is 0 Å². The average Bonchev–Trinajstić information content (AvgIpc) is 2.49. The number of nitrogens with one attached hydrogen (secondary N) is 2. The molecule has 2 rings (SSSR count). The number of carbonyl (C=O) groups excluding carboxylic acids is 1. The maximum atomic E-state index is 12.3. The van der Waals surface area contributed by atoms with Crippen LogP contribution in [0.25, 0.3) is 0 Å². The van der Waals surface area contributed by atoms with E-state index in [9.17, 15) is 13.2 Å². The molecule has 2 aliphatic rings. The van der Waals surface area contributed by atoms with Gasteiger partial charge in [-0.25, -0.2) is 12.7 Å². The highest BCUT2D eigenvalue weighted by Gasteiger charge is 2.32. The molecule has 2 atom stereocenters. The fourth-order valence-corrected chi connectivity index (χ4v) is 4.25. The predicted molar refractivity (Wildman–Crippen MR) is 89.6 cm³/mol. The summed E-state index contributed by atoms with van der Waals surface area (Å²) in [6, 6.07) is 0.506. The maximum absolute atomic E-state index is 12.3. The minimum atomic E-state index is -3.11. The summed E-state index contributed by atoms with van der Waals surface area (Å²) in [5.41, 5.74) is 0. The van der Waals surface area contributed by atoms with E-state index in [0.717, 1.165) is 19.4 Å². The van der Waals surface area contributed by atoms with Crippen molar-refractivity contribution >= 4 is 28.3 Å². The minimum absolute atomic E-state index is 0. The Hall–Kier alpha value is -0.370. The first kappa shape index (κ1) is 19.7. The van der Waals surface area contributed by atoms with Crippen LogP contribution in [0.3, 0.4) is 0 Å². The normalized spacial score (nSPS) is 27.9. The summed E-state index contributed by atoms with van der Waals surface area (Å²) in [5, 5.41) is 6.51. The van der Waals surface area contributed by atoms with Gasteiger partial charge < -0.3 is 10.6 Å².